The van der Waals surface area contributed by atoms with Gasteiger partial charge in [-0.25, -0.2) is 4.57 Å². The van der Waals surface area contributed by atoms with Gasteiger partial charge in [-0.15, -0.1) is 5.10 Å². The summed E-state index contributed by atoms with van der Waals surface area (Å²) in [6.45, 7) is 1.97. The van der Waals surface area contributed by atoms with Gasteiger partial charge in [-0.2, -0.15) is 0 Å². The zero-order valence-electron chi connectivity index (χ0n) is 7.66. The van der Waals surface area contributed by atoms with E-state index in [9.17, 15) is 0 Å². The SMILES string of the molecule is c1coc(-c2[nH]nc3[n+]2CCCN3)c1. The second kappa shape index (κ2) is 2.87. The fourth-order valence-corrected chi connectivity index (χ4v) is 1.72. The van der Waals surface area contributed by atoms with Gasteiger partial charge in [0.2, 0.25) is 0 Å². The Balaban J connectivity index is 2.11. The Morgan fingerprint density at radius 2 is 2.50 bits per heavy atom. The van der Waals surface area contributed by atoms with Gasteiger partial charge >= 0.3 is 5.95 Å². The van der Waals surface area contributed by atoms with Crippen LogP contribution in [0.15, 0.2) is 22.8 Å². The summed E-state index contributed by atoms with van der Waals surface area (Å²) < 4.78 is 7.42. The Hall–Kier alpha value is -1.78. The molecule has 0 saturated carbocycles. The molecule has 0 unspecified atom stereocenters. The zero-order valence-corrected chi connectivity index (χ0v) is 7.66. The summed E-state index contributed by atoms with van der Waals surface area (Å²) in [5.74, 6) is 2.65. The lowest BCUT2D eigenvalue weighted by Gasteiger charge is -2.08. The maximum absolute atomic E-state index is 5.32. The zero-order chi connectivity index (χ0) is 9.38. The summed E-state index contributed by atoms with van der Waals surface area (Å²) in [6, 6.07) is 3.80. The van der Waals surface area contributed by atoms with E-state index in [4.69, 9.17) is 4.42 Å². The molecular weight excluding hydrogens is 180 g/mol. The van der Waals surface area contributed by atoms with Gasteiger partial charge in [0.05, 0.1) is 19.4 Å². The Morgan fingerprint density at radius 3 is 3.36 bits per heavy atom. The van der Waals surface area contributed by atoms with Crippen molar-refractivity contribution in [3.63, 3.8) is 0 Å². The van der Waals surface area contributed by atoms with E-state index in [1.807, 2.05) is 12.1 Å². The molecule has 5 nitrogen and oxygen atoms in total. The van der Waals surface area contributed by atoms with E-state index in [1.165, 1.54) is 0 Å². The minimum absolute atomic E-state index is 0.826. The molecule has 0 aliphatic carbocycles. The summed E-state index contributed by atoms with van der Waals surface area (Å²) >= 11 is 0. The maximum atomic E-state index is 5.32. The van der Waals surface area contributed by atoms with Gasteiger partial charge in [0.25, 0.3) is 5.82 Å². The summed E-state index contributed by atoms with van der Waals surface area (Å²) in [5, 5.41) is 10.4. The van der Waals surface area contributed by atoms with E-state index in [0.717, 1.165) is 37.0 Å². The van der Waals surface area contributed by atoms with Gasteiger partial charge in [0.1, 0.15) is 0 Å². The van der Waals surface area contributed by atoms with Gasteiger partial charge in [0.15, 0.2) is 5.76 Å². The number of aromatic amines is 1. The van der Waals surface area contributed by atoms with Crippen molar-refractivity contribution in [3.8, 4) is 11.6 Å². The highest BCUT2D eigenvalue weighted by atomic mass is 16.3. The van der Waals surface area contributed by atoms with Crippen molar-refractivity contribution < 1.29 is 8.98 Å². The minimum atomic E-state index is 0.826. The number of aromatic nitrogens is 3. The third kappa shape index (κ3) is 1.02. The van der Waals surface area contributed by atoms with E-state index in [1.54, 1.807) is 6.26 Å². The summed E-state index contributed by atoms with van der Waals surface area (Å²) in [7, 11) is 0. The van der Waals surface area contributed by atoms with Crippen LogP contribution < -0.4 is 9.88 Å². The smallest absolute Gasteiger partial charge is 0.377 e. The number of hydrogen-bond donors (Lipinski definition) is 2. The molecule has 0 aromatic carbocycles. The summed E-state index contributed by atoms with van der Waals surface area (Å²) in [4.78, 5) is 0. The second-order valence-corrected chi connectivity index (χ2v) is 3.31. The van der Waals surface area contributed by atoms with E-state index >= 15 is 0 Å². The summed E-state index contributed by atoms with van der Waals surface area (Å²) in [6.07, 6.45) is 2.78. The fourth-order valence-electron chi connectivity index (χ4n) is 1.72. The van der Waals surface area contributed by atoms with Crippen molar-refractivity contribution in [2.24, 2.45) is 0 Å². The number of hydrogen-bond acceptors (Lipinski definition) is 3. The van der Waals surface area contributed by atoms with E-state index in [0.29, 0.717) is 0 Å². The van der Waals surface area contributed by atoms with Crippen LogP contribution in [0.3, 0.4) is 0 Å². The quantitative estimate of drug-likeness (QED) is 0.655. The highest BCUT2D eigenvalue weighted by Crippen LogP contribution is 2.15. The van der Waals surface area contributed by atoms with Gasteiger partial charge in [-0.1, -0.05) is 0 Å². The molecule has 1 aliphatic rings. The van der Waals surface area contributed by atoms with Crippen molar-refractivity contribution in [1.82, 2.24) is 10.2 Å². The Morgan fingerprint density at radius 1 is 1.50 bits per heavy atom. The lowest BCUT2D eigenvalue weighted by Crippen LogP contribution is -2.42. The van der Waals surface area contributed by atoms with Crippen LogP contribution in [0.5, 0.6) is 0 Å². The third-order valence-corrected chi connectivity index (χ3v) is 2.39. The van der Waals surface area contributed by atoms with E-state index in [-0.39, 0.29) is 0 Å². The maximum Gasteiger partial charge on any atom is 0.377 e. The van der Waals surface area contributed by atoms with E-state index in [2.05, 4.69) is 20.1 Å². The van der Waals surface area contributed by atoms with Gasteiger partial charge in [-0.05, 0) is 12.1 Å². The average molecular weight is 191 g/mol. The van der Waals surface area contributed by atoms with Crippen LogP contribution in [0.4, 0.5) is 5.95 Å². The first kappa shape index (κ1) is 7.61. The standard InChI is InChI=1S/C9H10N4O/c1-3-7(14-6-1)8-11-12-9-10-4-2-5-13(8)9/h1,3,6H,2,4-5H2,(H,10,12)/p+1. The van der Waals surface area contributed by atoms with Crippen molar-refractivity contribution >= 4 is 5.95 Å². The Kier molecular flexibility index (Phi) is 1.56. The molecule has 0 atom stereocenters. The topological polar surface area (TPSA) is 57.7 Å². The second-order valence-electron chi connectivity index (χ2n) is 3.31. The van der Waals surface area contributed by atoms with Crippen LogP contribution in [0.2, 0.25) is 0 Å². The molecule has 5 heteroatoms. The first-order chi connectivity index (χ1) is 6.95. The number of H-pyrrole nitrogens is 1. The fraction of sp³-hybridized carbons (Fsp3) is 0.333. The van der Waals surface area contributed by atoms with Crippen LogP contribution in [0, 0.1) is 0 Å². The molecule has 2 aromatic rings. The lowest BCUT2D eigenvalue weighted by atomic mass is 10.3. The number of rotatable bonds is 1. The first-order valence-corrected chi connectivity index (χ1v) is 4.71. The molecule has 0 saturated heterocycles. The molecule has 1 aliphatic heterocycles. The number of nitrogens with zero attached hydrogens (tertiary/aromatic N) is 2. The largest absolute Gasteiger partial charge is 0.459 e. The predicted octanol–water partition coefficient (Wildman–Crippen LogP) is 0.773. The molecule has 2 aromatic heterocycles. The van der Waals surface area contributed by atoms with E-state index < -0.39 is 0 Å². The molecular formula is C9H11N4O+. The molecule has 2 N–H and O–H groups in total. The molecule has 3 heterocycles. The van der Waals surface area contributed by atoms with Crippen molar-refractivity contribution in [2.75, 3.05) is 11.9 Å². The normalized spacial score (nSPS) is 14.9. The Bertz CT molecular complexity index is 432. The van der Waals surface area contributed by atoms with Crippen LogP contribution in [-0.2, 0) is 6.54 Å². The first-order valence-electron chi connectivity index (χ1n) is 4.71. The Labute approximate surface area is 80.7 Å². The highest BCUT2D eigenvalue weighted by Gasteiger charge is 2.24. The molecule has 0 amide bonds. The van der Waals surface area contributed by atoms with Crippen molar-refractivity contribution in [3.05, 3.63) is 18.4 Å². The van der Waals surface area contributed by atoms with Crippen LogP contribution in [-0.4, -0.2) is 16.7 Å². The molecule has 72 valence electrons. The predicted molar refractivity (Wildman–Crippen MR) is 49.6 cm³/mol. The average Bonchev–Trinajstić information content (AvgIpc) is 2.85. The number of fused-ring (bicyclic) bond motifs is 1. The number of anilines is 1. The molecule has 14 heavy (non-hydrogen) atoms. The van der Waals surface area contributed by atoms with Gasteiger partial charge < -0.3 is 4.42 Å². The third-order valence-electron chi connectivity index (χ3n) is 2.39. The van der Waals surface area contributed by atoms with Crippen LogP contribution in [0.25, 0.3) is 11.6 Å². The monoisotopic (exact) mass is 191 g/mol. The van der Waals surface area contributed by atoms with Crippen LogP contribution in [0.1, 0.15) is 6.42 Å². The number of furan rings is 1. The molecule has 0 radical (unpaired) electrons. The van der Waals surface area contributed by atoms with Gasteiger partial charge in [0, 0.05) is 11.5 Å². The molecule has 3 rings (SSSR count). The number of nitrogens with one attached hydrogen (secondary N) is 2. The molecule has 0 fully saturated rings. The lowest BCUT2D eigenvalue weighted by molar-refractivity contribution is -0.676. The minimum Gasteiger partial charge on any atom is -0.459 e. The van der Waals surface area contributed by atoms with Crippen molar-refractivity contribution in [2.45, 2.75) is 13.0 Å². The van der Waals surface area contributed by atoms with Crippen molar-refractivity contribution in [1.29, 1.82) is 0 Å². The van der Waals surface area contributed by atoms with Gasteiger partial charge in [-0.3, -0.25) is 5.32 Å². The highest BCUT2D eigenvalue weighted by molar-refractivity contribution is 5.43. The van der Waals surface area contributed by atoms with Crippen LogP contribution >= 0.6 is 0 Å². The molecule has 0 bridgehead atoms. The molecule has 0 spiro atoms. The summed E-state index contributed by atoms with van der Waals surface area (Å²) in [5.41, 5.74) is 0.